The lowest BCUT2D eigenvalue weighted by Crippen LogP contribution is -2.40. The van der Waals surface area contributed by atoms with Gasteiger partial charge >= 0.3 is 12.1 Å². The van der Waals surface area contributed by atoms with Crippen molar-refractivity contribution in [2.75, 3.05) is 18.1 Å². The summed E-state index contributed by atoms with van der Waals surface area (Å²) in [7, 11) is 0. The molecule has 8 nitrogen and oxygen atoms in total. The summed E-state index contributed by atoms with van der Waals surface area (Å²) in [6.07, 6.45) is 1.99. The summed E-state index contributed by atoms with van der Waals surface area (Å²) in [5, 5.41) is 11.8. The lowest BCUT2D eigenvalue weighted by atomic mass is 9.91. The van der Waals surface area contributed by atoms with E-state index in [1.807, 2.05) is 74.2 Å². The molecule has 8 heteroatoms. The van der Waals surface area contributed by atoms with E-state index >= 15 is 0 Å². The predicted octanol–water partition coefficient (Wildman–Crippen LogP) is 6.83. The highest BCUT2D eigenvalue weighted by atomic mass is 16.5. The smallest absolute Gasteiger partial charge is 0.407 e. The van der Waals surface area contributed by atoms with Crippen molar-refractivity contribution in [3.63, 3.8) is 0 Å². The summed E-state index contributed by atoms with van der Waals surface area (Å²) in [5.41, 5.74) is 7.26. The van der Waals surface area contributed by atoms with Crippen molar-refractivity contribution in [3.8, 4) is 16.9 Å². The number of ether oxygens (including phenoxy) is 2. The first-order valence-corrected chi connectivity index (χ1v) is 15.0. The zero-order valence-electron chi connectivity index (χ0n) is 25.5. The number of carbonyl (C=O) groups is 3. The first-order chi connectivity index (χ1) is 20.6. The Hall–Kier alpha value is -4.33. The van der Waals surface area contributed by atoms with E-state index in [4.69, 9.17) is 14.6 Å². The largest absolute Gasteiger partial charge is 0.493 e. The molecule has 1 heterocycles. The van der Waals surface area contributed by atoms with Crippen LogP contribution < -0.4 is 15.0 Å². The number of carboxylic acid groups (broad SMARTS) is 1. The number of fused-ring (bicyclic) bond motifs is 1. The van der Waals surface area contributed by atoms with Crippen LogP contribution in [0.5, 0.6) is 5.75 Å². The molecule has 0 unspecified atom stereocenters. The van der Waals surface area contributed by atoms with Gasteiger partial charge in [0.15, 0.2) is 0 Å². The van der Waals surface area contributed by atoms with E-state index < -0.39 is 18.1 Å². The molecule has 2 amide bonds. The van der Waals surface area contributed by atoms with Gasteiger partial charge in [0.2, 0.25) is 5.91 Å². The molecule has 1 aliphatic heterocycles. The number of rotatable bonds is 12. The summed E-state index contributed by atoms with van der Waals surface area (Å²) in [6.45, 7) is 9.05. The van der Waals surface area contributed by atoms with Crippen molar-refractivity contribution >= 4 is 23.7 Å². The molecule has 4 rings (SSSR count). The van der Waals surface area contributed by atoms with E-state index in [1.54, 1.807) is 0 Å². The van der Waals surface area contributed by atoms with E-state index in [2.05, 4.69) is 24.4 Å². The van der Waals surface area contributed by atoms with Crippen molar-refractivity contribution in [2.24, 2.45) is 5.92 Å². The Balaban J connectivity index is 1.39. The van der Waals surface area contributed by atoms with Gasteiger partial charge in [-0.25, -0.2) is 4.79 Å². The Bertz CT molecular complexity index is 1450. The number of anilines is 1. The second-order valence-corrected chi connectivity index (χ2v) is 11.5. The Morgan fingerprint density at radius 2 is 1.79 bits per heavy atom. The van der Waals surface area contributed by atoms with Gasteiger partial charge in [0.25, 0.3) is 0 Å². The van der Waals surface area contributed by atoms with Crippen LogP contribution in [-0.2, 0) is 27.4 Å². The maximum atomic E-state index is 13.3. The lowest BCUT2D eigenvalue weighted by molar-refractivity contribution is -0.137. The van der Waals surface area contributed by atoms with Crippen LogP contribution in [0.15, 0.2) is 60.7 Å². The van der Waals surface area contributed by atoms with Gasteiger partial charge in [-0.15, -0.1) is 0 Å². The molecule has 0 radical (unpaired) electrons. The Morgan fingerprint density at radius 1 is 1.02 bits per heavy atom. The van der Waals surface area contributed by atoms with Crippen LogP contribution in [-0.4, -0.2) is 42.3 Å². The van der Waals surface area contributed by atoms with E-state index in [-0.39, 0.29) is 24.9 Å². The van der Waals surface area contributed by atoms with Gasteiger partial charge in [-0.3, -0.25) is 9.59 Å². The number of aliphatic carboxylic acids is 1. The maximum absolute atomic E-state index is 13.3. The number of hydrogen-bond acceptors (Lipinski definition) is 5. The fourth-order valence-corrected chi connectivity index (χ4v) is 5.39. The van der Waals surface area contributed by atoms with E-state index in [0.717, 1.165) is 52.1 Å². The van der Waals surface area contributed by atoms with Gasteiger partial charge in [-0.2, -0.15) is 0 Å². The van der Waals surface area contributed by atoms with Gasteiger partial charge in [-0.05, 0) is 90.6 Å². The molecular formula is C35H42N2O6. The van der Waals surface area contributed by atoms with E-state index in [1.165, 1.54) is 5.56 Å². The van der Waals surface area contributed by atoms with Crippen LogP contribution in [0.25, 0.3) is 11.1 Å². The van der Waals surface area contributed by atoms with Gasteiger partial charge in [0.05, 0.1) is 13.0 Å². The topological polar surface area (TPSA) is 105 Å². The molecule has 1 aliphatic rings. The number of nitrogens with one attached hydrogen (secondary N) is 1. The Kier molecular flexibility index (Phi) is 10.8. The number of carbonyl (C=O) groups excluding carboxylic acids is 2. The highest BCUT2D eigenvalue weighted by Gasteiger charge is 2.25. The number of nitrogens with zero attached hydrogens (tertiary/aromatic N) is 1. The van der Waals surface area contributed by atoms with Crippen molar-refractivity contribution in [1.29, 1.82) is 0 Å². The number of carboxylic acids is 1. The average Bonchev–Trinajstić information content (AvgIpc) is 2.99. The molecule has 0 aliphatic carbocycles. The quantitative estimate of drug-likeness (QED) is 0.225. The Labute approximate surface area is 254 Å². The van der Waals surface area contributed by atoms with Crippen LogP contribution in [0, 0.1) is 19.8 Å². The lowest BCUT2D eigenvalue weighted by Gasteiger charge is -2.31. The second-order valence-electron chi connectivity index (χ2n) is 11.5. The summed E-state index contributed by atoms with van der Waals surface area (Å²) in [6, 6.07) is 19.4. The normalized spacial score (nSPS) is 13.3. The molecule has 3 aromatic rings. The summed E-state index contributed by atoms with van der Waals surface area (Å²) < 4.78 is 11.4. The number of alkyl carbamates (subject to hydrolysis) is 1. The number of hydrogen-bond donors (Lipinski definition) is 2. The molecule has 43 heavy (non-hydrogen) atoms. The fourth-order valence-electron chi connectivity index (χ4n) is 5.39. The van der Waals surface area contributed by atoms with Crippen LogP contribution in [0.4, 0.5) is 10.5 Å². The molecular weight excluding hydrogens is 544 g/mol. The number of amides is 2. The maximum Gasteiger partial charge on any atom is 0.407 e. The molecule has 0 saturated carbocycles. The van der Waals surface area contributed by atoms with Gasteiger partial charge in [0.1, 0.15) is 12.4 Å². The van der Waals surface area contributed by atoms with Crippen LogP contribution in [0.2, 0.25) is 0 Å². The van der Waals surface area contributed by atoms with Crippen LogP contribution in [0.1, 0.15) is 61.8 Å². The molecule has 228 valence electrons. The summed E-state index contributed by atoms with van der Waals surface area (Å²) in [4.78, 5) is 38.7. The number of aryl methyl sites for hydroxylation is 1. The molecule has 0 aromatic heterocycles. The molecule has 1 atom stereocenters. The first kappa shape index (κ1) is 31.6. The highest BCUT2D eigenvalue weighted by Crippen LogP contribution is 2.36. The standard InChI is InChI=1S/C35H42N2O6/c1-23(2)30(21-34(39)40)36-35(41)43-22-26-11-6-12-27(20-26)28-13-7-15-31-29(28)14-8-18-37(31)33(38)17-9-19-42-32-16-5-10-24(3)25(32)4/h5-7,10-13,15-16,20,23,30H,8-9,14,17-19,21-22H2,1-4H3,(H,36,41)(H,39,40)/t30-/m0/s1. The van der Waals surface area contributed by atoms with E-state index in [0.29, 0.717) is 26.0 Å². The van der Waals surface area contributed by atoms with Crippen molar-refractivity contribution in [1.82, 2.24) is 5.32 Å². The monoisotopic (exact) mass is 586 g/mol. The first-order valence-electron chi connectivity index (χ1n) is 15.0. The summed E-state index contributed by atoms with van der Waals surface area (Å²) >= 11 is 0. The molecule has 3 aromatic carbocycles. The van der Waals surface area contributed by atoms with E-state index in [9.17, 15) is 14.4 Å². The van der Waals surface area contributed by atoms with Gasteiger partial charge in [-0.1, -0.05) is 56.3 Å². The molecule has 0 fully saturated rings. The zero-order chi connectivity index (χ0) is 30.9. The molecule has 0 bridgehead atoms. The fraction of sp³-hybridized carbons (Fsp3) is 0.400. The zero-order valence-corrected chi connectivity index (χ0v) is 25.5. The van der Waals surface area contributed by atoms with Gasteiger partial charge < -0.3 is 24.8 Å². The van der Waals surface area contributed by atoms with Gasteiger partial charge in [0, 0.05) is 24.7 Å². The second kappa shape index (κ2) is 14.7. The van der Waals surface area contributed by atoms with Crippen molar-refractivity contribution in [2.45, 2.75) is 72.4 Å². The third-order valence-electron chi connectivity index (χ3n) is 8.01. The molecule has 0 spiro atoms. The minimum Gasteiger partial charge on any atom is -0.493 e. The predicted molar refractivity (Wildman–Crippen MR) is 167 cm³/mol. The average molecular weight is 587 g/mol. The van der Waals surface area contributed by atoms with Crippen molar-refractivity contribution in [3.05, 3.63) is 82.9 Å². The van der Waals surface area contributed by atoms with Crippen LogP contribution >= 0.6 is 0 Å². The highest BCUT2D eigenvalue weighted by molar-refractivity contribution is 5.96. The minimum absolute atomic E-state index is 0.0427. The molecule has 0 saturated heterocycles. The summed E-state index contributed by atoms with van der Waals surface area (Å²) in [5.74, 6) is -0.0516. The SMILES string of the molecule is Cc1cccc(OCCCC(=O)N2CCCc3c(-c4cccc(COC(=O)N[C@@H](CC(=O)O)C(C)C)c4)cccc32)c1C. The van der Waals surface area contributed by atoms with Crippen molar-refractivity contribution < 1.29 is 29.0 Å². The number of benzene rings is 3. The third kappa shape index (κ3) is 8.37. The minimum atomic E-state index is -0.972. The molecule has 2 N–H and O–H groups in total. The third-order valence-corrected chi connectivity index (χ3v) is 8.01. The Morgan fingerprint density at radius 3 is 2.56 bits per heavy atom. The van der Waals surface area contributed by atoms with Crippen LogP contribution in [0.3, 0.4) is 0 Å².